The summed E-state index contributed by atoms with van der Waals surface area (Å²) in [6.07, 6.45) is 3.53. The molecule has 0 amide bonds. The molecule has 180 valence electrons. The smallest absolute Gasteiger partial charge is 0.314 e. The van der Waals surface area contributed by atoms with Gasteiger partial charge < -0.3 is 14.7 Å². The summed E-state index contributed by atoms with van der Waals surface area (Å²) in [6.45, 7) is 0.546. The van der Waals surface area contributed by atoms with Gasteiger partial charge in [0.05, 0.1) is 12.0 Å². The van der Waals surface area contributed by atoms with Crippen molar-refractivity contribution in [3.05, 3.63) is 86.2 Å². The van der Waals surface area contributed by atoms with Gasteiger partial charge in [0.15, 0.2) is 17.3 Å². The van der Waals surface area contributed by atoms with Crippen LogP contribution in [0.3, 0.4) is 0 Å². The number of hydrogen-bond donors (Lipinski definition) is 1. The van der Waals surface area contributed by atoms with Crippen molar-refractivity contribution in [3.8, 4) is 11.5 Å². The van der Waals surface area contributed by atoms with Crippen LogP contribution in [-0.4, -0.2) is 33.6 Å². The number of rotatable bonds is 5. The van der Waals surface area contributed by atoms with Crippen LogP contribution in [-0.2, 0) is 16.1 Å². The van der Waals surface area contributed by atoms with Crippen molar-refractivity contribution in [2.75, 3.05) is 7.11 Å². The van der Waals surface area contributed by atoms with E-state index in [0.717, 1.165) is 17.0 Å². The van der Waals surface area contributed by atoms with Gasteiger partial charge in [-0.05, 0) is 42.9 Å². The van der Waals surface area contributed by atoms with E-state index in [2.05, 4.69) is 4.90 Å². The number of phenols is 1. The number of carbonyl (C=O) groups is 2. The van der Waals surface area contributed by atoms with Gasteiger partial charge in [-0.15, -0.1) is 0 Å². The number of ether oxygens (including phenoxy) is 1. The van der Waals surface area contributed by atoms with Crippen molar-refractivity contribution >= 4 is 17.3 Å². The molecule has 0 spiro atoms. The lowest BCUT2D eigenvalue weighted by molar-refractivity contribution is -0.386. The summed E-state index contributed by atoms with van der Waals surface area (Å²) < 4.78 is 5.23. The van der Waals surface area contributed by atoms with E-state index in [0.29, 0.717) is 61.8 Å². The fourth-order valence-electron chi connectivity index (χ4n) is 5.58. The zero-order chi connectivity index (χ0) is 24.7. The van der Waals surface area contributed by atoms with E-state index in [-0.39, 0.29) is 17.3 Å². The van der Waals surface area contributed by atoms with Crippen LogP contribution in [0.25, 0.3) is 0 Å². The summed E-state index contributed by atoms with van der Waals surface area (Å²) in [6, 6.07) is 12.7. The van der Waals surface area contributed by atoms with E-state index in [1.54, 1.807) is 0 Å². The van der Waals surface area contributed by atoms with E-state index in [1.807, 2.05) is 30.3 Å². The number of nitro benzene ring substituents is 1. The molecule has 0 saturated carbocycles. The third kappa shape index (κ3) is 3.88. The molecule has 2 aliphatic carbocycles. The molecule has 1 N–H and O–H groups in total. The Bertz CT molecular complexity index is 1250. The molecule has 5 rings (SSSR count). The number of methoxy groups -OCH3 is 1. The second kappa shape index (κ2) is 9.02. The van der Waals surface area contributed by atoms with E-state index in [4.69, 9.17) is 4.74 Å². The molecule has 0 saturated heterocycles. The quantitative estimate of drug-likeness (QED) is 0.484. The van der Waals surface area contributed by atoms with Gasteiger partial charge >= 0.3 is 5.69 Å². The normalized spacial score (nSPS) is 18.5. The fraction of sp³-hybridized carbons (Fsp3) is 0.333. The summed E-state index contributed by atoms with van der Waals surface area (Å²) in [4.78, 5) is 40.0. The number of phenolic OH excluding ortho intramolecular Hbond substituents is 1. The second-order valence-corrected chi connectivity index (χ2v) is 9.13. The van der Waals surface area contributed by atoms with E-state index in [9.17, 15) is 24.8 Å². The molecule has 2 aromatic rings. The third-order valence-corrected chi connectivity index (χ3v) is 7.10. The Hall–Kier alpha value is -3.94. The van der Waals surface area contributed by atoms with Gasteiger partial charge in [0.1, 0.15) is 0 Å². The lowest BCUT2D eigenvalue weighted by Crippen LogP contribution is -2.38. The first kappa shape index (κ1) is 22.8. The molecule has 0 radical (unpaired) electrons. The number of nitrogens with zero attached hydrogens (tertiary/aromatic N) is 2. The lowest BCUT2D eigenvalue weighted by Gasteiger charge is -2.44. The minimum Gasteiger partial charge on any atom is -0.500 e. The minimum absolute atomic E-state index is 0.0473. The first-order valence-corrected chi connectivity index (χ1v) is 11.8. The summed E-state index contributed by atoms with van der Waals surface area (Å²) in [5.74, 6) is -1.45. The number of hydrogen-bond acceptors (Lipinski definition) is 7. The van der Waals surface area contributed by atoms with Crippen molar-refractivity contribution in [1.82, 2.24) is 4.90 Å². The zero-order valence-electron chi connectivity index (χ0n) is 19.5. The third-order valence-electron chi connectivity index (χ3n) is 7.10. The number of benzene rings is 2. The standard InChI is InChI=1S/C27H26N2O6/c1-35-23-14-17(13-20(27(23)32)29(33)34)24-25-18(9-5-11-21(25)30)28(15-16-7-3-2-4-8-16)19-10-6-12-22(31)26(19)24/h2-4,7-8,13-14,24,32H,5-6,9-12,15H2,1H3. The molecule has 1 aliphatic heterocycles. The summed E-state index contributed by atoms with van der Waals surface area (Å²) in [5, 5.41) is 22.0. The van der Waals surface area contributed by atoms with Gasteiger partial charge in [-0.2, -0.15) is 0 Å². The molecule has 8 nitrogen and oxygen atoms in total. The average Bonchev–Trinajstić information content (AvgIpc) is 2.85. The van der Waals surface area contributed by atoms with Crippen LogP contribution in [0.5, 0.6) is 11.5 Å². The number of nitro groups is 1. The molecular formula is C27H26N2O6. The van der Waals surface area contributed by atoms with Crippen LogP contribution >= 0.6 is 0 Å². The Kier molecular flexibility index (Phi) is 5.88. The molecule has 0 bridgehead atoms. The van der Waals surface area contributed by atoms with E-state index < -0.39 is 22.3 Å². The second-order valence-electron chi connectivity index (χ2n) is 9.13. The molecule has 8 heteroatoms. The predicted molar refractivity (Wildman–Crippen MR) is 128 cm³/mol. The molecule has 3 aliphatic rings. The number of ketones is 2. The molecular weight excluding hydrogens is 448 g/mol. The Morgan fingerprint density at radius 2 is 1.60 bits per heavy atom. The highest BCUT2D eigenvalue weighted by Crippen LogP contribution is 2.51. The van der Waals surface area contributed by atoms with Crippen molar-refractivity contribution in [3.63, 3.8) is 0 Å². The SMILES string of the molecule is COc1cc(C2C3=C(CCCC3=O)N(Cc3ccccc3)C3=C2C(=O)CCC3)cc([N+](=O)[O-])c1O. The van der Waals surface area contributed by atoms with Gasteiger partial charge in [0, 0.05) is 53.9 Å². The Labute approximate surface area is 202 Å². The Balaban J connectivity index is 1.75. The Morgan fingerprint density at radius 3 is 2.14 bits per heavy atom. The van der Waals surface area contributed by atoms with Gasteiger partial charge in [0.25, 0.3) is 0 Å². The number of aromatic hydroxyl groups is 1. The molecule has 0 atom stereocenters. The summed E-state index contributed by atoms with van der Waals surface area (Å²) in [5.41, 5.74) is 3.81. The van der Waals surface area contributed by atoms with Gasteiger partial charge in [-0.25, -0.2) is 0 Å². The molecule has 2 aromatic carbocycles. The maximum atomic E-state index is 13.4. The molecule has 1 heterocycles. The highest BCUT2D eigenvalue weighted by molar-refractivity contribution is 6.06. The maximum absolute atomic E-state index is 13.4. The highest BCUT2D eigenvalue weighted by Gasteiger charge is 2.44. The molecule has 0 aromatic heterocycles. The maximum Gasteiger partial charge on any atom is 0.314 e. The van der Waals surface area contributed by atoms with E-state index in [1.165, 1.54) is 19.2 Å². The summed E-state index contributed by atoms with van der Waals surface area (Å²) in [7, 11) is 1.32. The van der Waals surface area contributed by atoms with Gasteiger partial charge in [0.2, 0.25) is 5.75 Å². The summed E-state index contributed by atoms with van der Waals surface area (Å²) >= 11 is 0. The van der Waals surface area contributed by atoms with Crippen molar-refractivity contribution in [2.24, 2.45) is 0 Å². The minimum atomic E-state index is -0.721. The molecule has 35 heavy (non-hydrogen) atoms. The average molecular weight is 475 g/mol. The van der Waals surface area contributed by atoms with Crippen LogP contribution in [0.2, 0.25) is 0 Å². The van der Waals surface area contributed by atoms with Gasteiger partial charge in [-0.1, -0.05) is 30.3 Å². The van der Waals surface area contributed by atoms with Crippen LogP contribution in [0, 0.1) is 10.1 Å². The largest absolute Gasteiger partial charge is 0.500 e. The highest BCUT2D eigenvalue weighted by atomic mass is 16.6. The Morgan fingerprint density at radius 1 is 1.00 bits per heavy atom. The number of allylic oxidation sites excluding steroid dienone is 4. The van der Waals surface area contributed by atoms with Gasteiger partial charge in [-0.3, -0.25) is 19.7 Å². The number of carbonyl (C=O) groups excluding carboxylic acids is 2. The molecule has 0 unspecified atom stereocenters. The van der Waals surface area contributed by atoms with Crippen LogP contribution in [0.4, 0.5) is 5.69 Å². The van der Waals surface area contributed by atoms with Crippen LogP contribution in [0.1, 0.15) is 55.6 Å². The van der Waals surface area contributed by atoms with Crippen LogP contribution in [0.15, 0.2) is 65.0 Å². The first-order chi connectivity index (χ1) is 16.9. The van der Waals surface area contributed by atoms with Crippen molar-refractivity contribution in [2.45, 2.75) is 51.0 Å². The monoisotopic (exact) mass is 474 g/mol. The first-order valence-electron chi connectivity index (χ1n) is 11.8. The lowest BCUT2D eigenvalue weighted by atomic mass is 9.70. The zero-order valence-corrected chi connectivity index (χ0v) is 19.5. The van der Waals surface area contributed by atoms with E-state index >= 15 is 0 Å². The van der Waals surface area contributed by atoms with Crippen molar-refractivity contribution in [1.29, 1.82) is 0 Å². The number of Topliss-reactive ketones (excluding diaryl/α,β-unsaturated/α-hetero) is 2. The molecule has 0 fully saturated rings. The predicted octanol–water partition coefficient (Wildman–Crippen LogP) is 4.92. The fourth-order valence-corrected chi connectivity index (χ4v) is 5.58. The van der Waals surface area contributed by atoms with Crippen molar-refractivity contribution < 1.29 is 24.4 Å². The van der Waals surface area contributed by atoms with Crippen LogP contribution < -0.4 is 4.74 Å². The topological polar surface area (TPSA) is 110 Å².